The zero-order valence-corrected chi connectivity index (χ0v) is 13.3. The first kappa shape index (κ1) is 15.8. The van der Waals surface area contributed by atoms with E-state index in [1.807, 2.05) is 19.1 Å². The van der Waals surface area contributed by atoms with Crippen LogP contribution in [0.3, 0.4) is 0 Å². The second-order valence-electron chi connectivity index (χ2n) is 4.77. The molecular weight excluding hydrogens is 310 g/mol. The van der Waals surface area contributed by atoms with Crippen LogP contribution in [0.25, 0.3) is 0 Å². The van der Waals surface area contributed by atoms with Crippen LogP contribution in [0, 0.1) is 13.8 Å². The summed E-state index contributed by atoms with van der Waals surface area (Å²) in [6.45, 7) is 3.77. The number of rotatable bonds is 4. The topological polar surface area (TPSA) is 85.1 Å². The summed E-state index contributed by atoms with van der Waals surface area (Å²) in [7, 11) is -3.73. The van der Waals surface area contributed by atoms with Gasteiger partial charge in [-0.15, -0.1) is 0 Å². The predicted molar refractivity (Wildman–Crippen MR) is 83.6 cm³/mol. The van der Waals surface area contributed by atoms with Crippen molar-refractivity contribution in [2.24, 2.45) is 0 Å². The van der Waals surface area contributed by atoms with E-state index in [0.29, 0.717) is 5.69 Å². The van der Waals surface area contributed by atoms with E-state index in [2.05, 4.69) is 9.71 Å². The number of nitrogens with two attached hydrogens (primary N) is 1. The molecule has 0 bridgehead atoms. The number of pyridine rings is 1. The van der Waals surface area contributed by atoms with Gasteiger partial charge in [-0.05, 0) is 43.2 Å². The molecule has 3 N–H and O–H groups in total. The second kappa shape index (κ2) is 6.01. The highest BCUT2D eigenvalue weighted by Gasteiger charge is 2.19. The summed E-state index contributed by atoms with van der Waals surface area (Å²) < 4.78 is 27.1. The fraction of sp³-hybridized carbons (Fsp3) is 0.214. The lowest BCUT2D eigenvalue weighted by Gasteiger charge is -2.10. The van der Waals surface area contributed by atoms with Crippen LogP contribution in [-0.4, -0.2) is 13.4 Å². The normalized spacial score (nSPS) is 11.6. The molecule has 0 aliphatic heterocycles. The van der Waals surface area contributed by atoms with Crippen LogP contribution in [0.1, 0.15) is 16.8 Å². The van der Waals surface area contributed by atoms with Crippen molar-refractivity contribution in [2.75, 3.05) is 5.73 Å². The monoisotopic (exact) mass is 325 g/mol. The molecule has 0 fully saturated rings. The largest absolute Gasteiger partial charge is 0.398 e. The first-order valence-corrected chi connectivity index (χ1v) is 8.12. The third-order valence-electron chi connectivity index (χ3n) is 3.05. The average Bonchev–Trinajstić information content (AvgIpc) is 2.42. The Morgan fingerprint density at radius 3 is 2.62 bits per heavy atom. The second-order valence-corrected chi connectivity index (χ2v) is 6.91. The van der Waals surface area contributed by atoms with Crippen LogP contribution in [-0.2, 0) is 16.6 Å². The van der Waals surface area contributed by atoms with Gasteiger partial charge in [-0.2, -0.15) is 0 Å². The molecule has 0 saturated carbocycles. The Bertz CT molecular complexity index is 759. The van der Waals surface area contributed by atoms with E-state index in [1.165, 1.54) is 6.07 Å². The van der Waals surface area contributed by atoms with Gasteiger partial charge in [0.15, 0.2) is 0 Å². The number of anilines is 1. The Labute approximate surface area is 129 Å². The Kier molecular flexibility index (Phi) is 4.51. The highest BCUT2D eigenvalue weighted by atomic mass is 35.5. The summed E-state index contributed by atoms with van der Waals surface area (Å²) in [5.74, 6) is 0. The maximum atomic E-state index is 12.3. The van der Waals surface area contributed by atoms with E-state index in [9.17, 15) is 8.42 Å². The maximum Gasteiger partial charge on any atom is 0.242 e. The molecule has 5 nitrogen and oxygen atoms in total. The standard InChI is InChI=1S/C14H16ClN3O2S/c1-9-5-12(15)14(6-13(9)16)21(19,20)18-8-11-4-3-10(2)17-7-11/h3-7,18H,8,16H2,1-2H3. The van der Waals surface area contributed by atoms with Crippen molar-refractivity contribution in [3.63, 3.8) is 0 Å². The number of sulfonamides is 1. The lowest BCUT2D eigenvalue weighted by molar-refractivity contribution is 0.581. The van der Waals surface area contributed by atoms with Crippen LogP contribution in [0.4, 0.5) is 5.69 Å². The Morgan fingerprint density at radius 1 is 1.29 bits per heavy atom. The molecule has 1 aromatic heterocycles. The summed E-state index contributed by atoms with van der Waals surface area (Å²) in [6, 6.07) is 6.54. The number of nitrogens with one attached hydrogen (secondary N) is 1. The van der Waals surface area contributed by atoms with E-state index >= 15 is 0 Å². The number of aromatic nitrogens is 1. The minimum Gasteiger partial charge on any atom is -0.398 e. The Morgan fingerprint density at radius 2 is 2.00 bits per heavy atom. The molecule has 0 unspecified atom stereocenters. The van der Waals surface area contributed by atoms with Crippen LogP contribution in [0.2, 0.25) is 5.02 Å². The van der Waals surface area contributed by atoms with Gasteiger partial charge in [0.05, 0.1) is 5.02 Å². The molecule has 0 radical (unpaired) electrons. The number of hydrogen-bond acceptors (Lipinski definition) is 4. The fourth-order valence-electron chi connectivity index (χ4n) is 1.73. The third kappa shape index (κ3) is 3.72. The van der Waals surface area contributed by atoms with Crippen molar-refractivity contribution in [2.45, 2.75) is 25.3 Å². The van der Waals surface area contributed by atoms with Gasteiger partial charge < -0.3 is 5.73 Å². The molecular formula is C14H16ClN3O2S. The minimum absolute atomic E-state index is 0.0210. The number of benzene rings is 1. The summed E-state index contributed by atoms with van der Waals surface area (Å²) >= 11 is 6.00. The van der Waals surface area contributed by atoms with E-state index in [1.54, 1.807) is 19.2 Å². The number of nitrogens with zero attached hydrogens (tertiary/aromatic N) is 1. The van der Waals surface area contributed by atoms with Gasteiger partial charge in [-0.1, -0.05) is 17.7 Å². The number of aryl methyl sites for hydroxylation is 2. The number of halogens is 1. The molecule has 0 amide bonds. The van der Waals surface area contributed by atoms with E-state index in [-0.39, 0.29) is 16.5 Å². The highest BCUT2D eigenvalue weighted by molar-refractivity contribution is 7.89. The van der Waals surface area contributed by atoms with Gasteiger partial charge in [0.2, 0.25) is 10.0 Å². The predicted octanol–water partition coefficient (Wildman–Crippen LogP) is 2.41. The first-order chi connectivity index (χ1) is 9.79. The van der Waals surface area contributed by atoms with Crippen molar-refractivity contribution in [3.05, 3.63) is 52.3 Å². The lowest BCUT2D eigenvalue weighted by Crippen LogP contribution is -2.24. The molecule has 0 atom stereocenters. The molecule has 1 heterocycles. The molecule has 0 saturated heterocycles. The molecule has 0 aliphatic rings. The van der Waals surface area contributed by atoms with Crippen LogP contribution >= 0.6 is 11.6 Å². The van der Waals surface area contributed by atoms with Crippen molar-refractivity contribution in [1.29, 1.82) is 0 Å². The summed E-state index contributed by atoms with van der Waals surface area (Å²) in [6.07, 6.45) is 1.63. The van der Waals surface area contributed by atoms with Crippen LogP contribution in [0.5, 0.6) is 0 Å². The highest BCUT2D eigenvalue weighted by Crippen LogP contribution is 2.26. The van der Waals surface area contributed by atoms with Crippen molar-refractivity contribution < 1.29 is 8.42 Å². The summed E-state index contributed by atoms with van der Waals surface area (Å²) in [5, 5.41) is 0.149. The van der Waals surface area contributed by atoms with Crippen molar-refractivity contribution >= 4 is 27.3 Å². The SMILES string of the molecule is Cc1ccc(CNS(=O)(=O)c2cc(N)c(C)cc2Cl)cn1. The quantitative estimate of drug-likeness (QED) is 0.845. The first-order valence-electron chi connectivity index (χ1n) is 6.26. The smallest absolute Gasteiger partial charge is 0.242 e. The zero-order valence-electron chi connectivity index (χ0n) is 11.7. The van der Waals surface area contributed by atoms with Gasteiger partial charge in [0, 0.05) is 24.1 Å². The average molecular weight is 326 g/mol. The molecule has 2 rings (SSSR count). The number of hydrogen-bond donors (Lipinski definition) is 2. The van der Waals surface area contributed by atoms with Gasteiger partial charge >= 0.3 is 0 Å². The van der Waals surface area contributed by atoms with Crippen LogP contribution < -0.4 is 10.5 Å². The third-order valence-corrected chi connectivity index (χ3v) is 4.91. The molecule has 7 heteroatoms. The lowest BCUT2D eigenvalue weighted by atomic mass is 10.2. The summed E-state index contributed by atoms with van der Waals surface area (Å²) in [5.41, 5.74) is 8.51. The Hall–Kier alpha value is -1.63. The van der Waals surface area contributed by atoms with E-state index in [4.69, 9.17) is 17.3 Å². The number of nitrogen functional groups attached to an aromatic ring is 1. The minimum atomic E-state index is -3.73. The van der Waals surface area contributed by atoms with E-state index in [0.717, 1.165) is 16.8 Å². The molecule has 2 aromatic rings. The van der Waals surface area contributed by atoms with Crippen LogP contribution in [0.15, 0.2) is 35.4 Å². The van der Waals surface area contributed by atoms with Crippen molar-refractivity contribution in [3.8, 4) is 0 Å². The summed E-state index contributed by atoms with van der Waals surface area (Å²) in [4.78, 5) is 4.09. The van der Waals surface area contributed by atoms with E-state index < -0.39 is 10.0 Å². The zero-order chi connectivity index (χ0) is 15.6. The molecule has 112 valence electrons. The van der Waals surface area contributed by atoms with Gasteiger partial charge in [0.1, 0.15) is 4.90 Å². The Balaban J connectivity index is 2.22. The fourth-order valence-corrected chi connectivity index (χ4v) is 3.37. The maximum absolute atomic E-state index is 12.3. The van der Waals surface area contributed by atoms with Crippen molar-refractivity contribution in [1.82, 2.24) is 9.71 Å². The van der Waals surface area contributed by atoms with Gasteiger partial charge in [0.25, 0.3) is 0 Å². The molecule has 0 aliphatic carbocycles. The van der Waals surface area contributed by atoms with Gasteiger partial charge in [-0.25, -0.2) is 13.1 Å². The molecule has 1 aromatic carbocycles. The molecule has 0 spiro atoms. The van der Waals surface area contributed by atoms with Gasteiger partial charge in [-0.3, -0.25) is 4.98 Å². The molecule has 21 heavy (non-hydrogen) atoms.